The van der Waals surface area contributed by atoms with Crippen LogP contribution in [0.15, 0.2) is 18.2 Å². The summed E-state index contributed by atoms with van der Waals surface area (Å²) in [7, 11) is 2.78. The van der Waals surface area contributed by atoms with Crippen molar-refractivity contribution in [2.24, 2.45) is 0 Å². The van der Waals surface area contributed by atoms with Gasteiger partial charge in [-0.3, -0.25) is 4.79 Å². The normalized spacial score (nSPS) is 14.3. The van der Waals surface area contributed by atoms with E-state index in [1.54, 1.807) is 39.0 Å². The molecule has 1 aliphatic rings. The summed E-state index contributed by atoms with van der Waals surface area (Å²) in [5.41, 5.74) is 0.561. The monoisotopic (exact) mass is 378 g/mol. The molecule has 0 aromatic heterocycles. The van der Waals surface area contributed by atoms with Crippen LogP contribution in [0.25, 0.3) is 0 Å². The summed E-state index contributed by atoms with van der Waals surface area (Å²) in [5.74, 6) is -0.209. The second-order valence-corrected chi connectivity index (χ2v) is 7.15. The molecule has 0 bridgehead atoms. The molecule has 1 heterocycles. The minimum absolute atomic E-state index is 0.126. The van der Waals surface area contributed by atoms with E-state index < -0.39 is 17.7 Å². The maximum atomic E-state index is 12.3. The van der Waals surface area contributed by atoms with Crippen LogP contribution < -0.4 is 4.74 Å². The fourth-order valence-corrected chi connectivity index (χ4v) is 2.74. The lowest BCUT2D eigenvalue weighted by Crippen LogP contribution is -2.46. The Morgan fingerprint density at radius 3 is 2.48 bits per heavy atom. The highest BCUT2D eigenvalue weighted by Crippen LogP contribution is 2.23. The lowest BCUT2D eigenvalue weighted by atomic mass is 10.1. The first-order valence-electron chi connectivity index (χ1n) is 8.72. The highest BCUT2D eigenvalue weighted by molar-refractivity contribution is 5.92. The summed E-state index contributed by atoms with van der Waals surface area (Å²) in [6, 6.07) is 5.12. The third-order valence-electron chi connectivity index (χ3n) is 4.00. The fraction of sp³-hybridized carbons (Fsp3) is 0.526. The molecular formula is C19H26N2O6. The number of methoxy groups -OCH3 is 2. The number of esters is 1. The van der Waals surface area contributed by atoms with Gasteiger partial charge in [0.1, 0.15) is 16.9 Å². The molecule has 0 saturated carbocycles. The quantitative estimate of drug-likeness (QED) is 0.732. The largest absolute Gasteiger partial charge is 0.496 e. The number of carbonyl (C=O) groups excluding carboxylic acids is 3. The molecule has 1 saturated heterocycles. The minimum Gasteiger partial charge on any atom is -0.496 e. The third-order valence-corrected chi connectivity index (χ3v) is 4.00. The highest BCUT2D eigenvalue weighted by atomic mass is 16.6. The zero-order valence-electron chi connectivity index (χ0n) is 16.4. The number of amides is 2. The van der Waals surface area contributed by atoms with Crippen molar-refractivity contribution in [3.8, 4) is 5.75 Å². The van der Waals surface area contributed by atoms with Gasteiger partial charge in [0.05, 0.1) is 20.8 Å². The van der Waals surface area contributed by atoms with Crippen LogP contribution in [-0.4, -0.2) is 60.9 Å². The molecule has 1 aromatic rings. The van der Waals surface area contributed by atoms with Crippen LogP contribution in [0, 0.1) is 0 Å². The van der Waals surface area contributed by atoms with Gasteiger partial charge in [0, 0.05) is 13.0 Å². The molecule has 0 radical (unpaired) electrons. The molecule has 0 N–H and O–H groups in total. The van der Waals surface area contributed by atoms with Crippen LogP contribution in [-0.2, 0) is 20.7 Å². The number of hydrogen-bond acceptors (Lipinski definition) is 6. The van der Waals surface area contributed by atoms with Crippen LogP contribution in [0.4, 0.5) is 4.79 Å². The van der Waals surface area contributed by atoms with E-state index in [-0.39, 0.29) is 12.3 Å². The molecule has 8 heteroatoms. The van der Waals surface area contributed by atoms with Crippen molar-refractivity contribution in [1.29, 1.82) is 0 Å². The molecule has 0 atom stereocenters. The van der Waals surface area contributed by atoms with Gasteiger partial charge < -0.3 is 14.2 Å². The second kappa shape index (κ2) is 8.28. The van der Waals surface area contributed by atoms with Crippen LogP contribution in [0.2, 0.25) is 0 Å². The van der Waals surface area contributed by atoms with Crippen LogP contribution in [0.3, 0.4) is 0 Å². The Labute approximate surface area is 158 Å². The molecule has 0 aliphatic carbocycles. The number of rotatable bonds is 5. The van der Waals surface area contributed by atoms with E-state index in [9.17, 15) is 14.4 Å². The first kappa shape index (κ1) is 20.5. The topological polar surface area (TPSA) is 85.4 Å². The maximum absolute atomic E-state index is 12.3. The van der Waals surface area contributed by atoms with E-state index >= 15 is 0 Å². The van der Waals surface area contributed by atoms with Crippen molar-refractivity contribution in [1.82, 2.24) is 10.0 Å². The van der Waals surface area contributed by atoms with E-state index in [2.05, 4.69) is 0 Å². The number of hydrogen-bond donors (Lipinski definition) is 0. The predicted molar refractivity (Wildman–Crippen MR) is 97.3 cm³/mol. The van der Waals surface area contributed by atoms with Gasteiger partial charge >= 0.3 is 12.1 Å². The number of hydrazine groups is 1. The third kappa shape index (κ3) is 5.12. The zero-order valence-corrected chi connectivity index (χ0v) is 16.4. The first-order valence-corrected chi connectivity index (χ1v) is 8.72. The van der Waals surface area contributed by atoms with Gasteiger partial charge in [0.2, 0.25) is 5.91 Å². The minimum atomic E-state index is -0.633. The molecule has 1 fully saturated rings. The van der Waals surface area contributed by atoms with Crippen molar-refractivity contribution in [3.63, 3.8) is 0 Å². The van der Waals surface area contributed by atoms with Gasteiger partial charge in [-0.2, -0.15) is 0 Å². The second-order valence-electron chi connectivity index (χ2n) is 7.15. The molecule has 1 aromatic carbocycles. The van der Waals surface area contributed by atoms with E-state index in [1.807, 2.05) is 0 Å². The zero-order chi connectivity index (χ0) is 20.2. The van der Waals surface area contributed by atoms with E-state index in [1.165, 1.54) is 24.2 Å². The summed E-state index contributed by atoms with van der Waals surface area (Å²) in [6.07, 6.45) is 0.221. The first-order chi connectivity index (χ1) is 12.7. The highest BCUT2D eigenvalue weighted by Gasteiger charge is 2.35. The molecule has 148 valence electrons. The SMILES string of the molecule is COC(=O)c1ccc(CCN2C(=O)CCN2C(=O)OC(C)(C)C)cc1OC. The number of carbonyl (C=O) groups is 3. The van der Waals surface area contributed by atoms with Crippen molar-refractivity contribution in [2.75, 3.05) is 27.3 Å². The predicted octanol–water partition coefficient (Wildman–Crippen LogP) is 2.41. The fourth-order valence-electron chi connectivity index (χ4n) is 2.74. The van der Waals surface area contributed by atoms with Gasteiger partial charge in [-0.1, -0.05) is 6.07 Å². The van der Waals surface area contributed by atoms with Gasteiger partial charge in [0.25, 0.3) is 0 Å². The van der Waals surface area contributed by atoms with E-state index in [0.717, 1.165) is 5.56 Å². The summed E-state index contributed by atoms with van der Waals surface area (Å²) in [4.78, 5) is 36.2. The Bertz CT molecular complexity index is 725. The molecule has 1 aliphatic heterocycles. The molecule has 8 nitrogen and oxygen atoms in total. The average Bonchev–Trinajstić information content (AvgIpc) is 2.98. The van der Waals surface area contributed by atoms with E-state index in [4.69, 9.17) is 14.2 Å². The average molecular weight is 378 g/mol. The molecule has 27 heavy (non-hydrogen) atoms. The summed E-state index contributed by atoms with van der Waals surface area (Å²) >= 11 is 0. The summed E-state index contributed by atoms with van der Waals surface area (Å²) in [6.45, 7) is 5.96. The van der Waals surface area contributed by atoms with Crippen molar-refractivity contribution in [3.05, 3.63) is 29.3 Å². The number of ether oxygens (including phenoxy) is 3. The Balaban J connectivity index is 2.08. The van der Waals surface area contributed by atoms with Gasteiger partial charge in [-0.05, 0) is 44.9 Å². The van der Waals surface area contributed by atoms with Crippen molar-refractivity contribution < 1.29 is 28.6 Å². The Hall–Kier alpha value is -2.77. The molecule has 2 rings (SSSR count). The molecule has 2 amide bonds. The van der Waals surface area contributed by atoms with Crippen LogP contribution >= 0.6 is 0 Å². The lowest BCUT2D eigenvalue weighted by molar-refractivity contribution is -0.137. The van der Waals surface area contributed by atoms with Crippen LogP contribution in [0.5, 0.6) is 5.75 Å². The lowest BCUT2D eigenvalue weighted by Gasteiger charge is -2.30. The maximum Gasteiger partial charge on any atom is 0.429 e. The Morgan fingerprint density at radius 2 is 1.89 bits per heavy atom. The van der Waals surface area contributed by atoms with Crippen LogP contribution in [0.1, 0.15) is 43.1 Å². The van der Waals surface area contributed by atoms with Crippen molar-refractivity contribution >= 4 is 18.0 Å². The van der Waals surface area contributed by atoms with E-state index in [0.29, 0.717) is 30.8 Å². The Morgan fingerprint density at radius 1 is 1.19 bits per heavy atom. The molecule has 0 unspecified atom stereocenters. The number of benzene rings is 1. The standard InChI is InChI=1S/C19H26N2O6/c1-19(2,3)27-18(24)21-11-9-16(22)20(21)10-8-13-6-7-14(17(23)26-5)15(12-13)25-4/h6-7,12H,8-11H2,1-5H3. The summed E-state index contributed by atoms with van der Waals surface area (Å²) in [5, 5.41) is 2.75. The summed E-state index contributed by atoms with van der Waals surface area (Å²) < 4.78 is 15.3. The van der Waals surface area contributed by atoms with Gasteiger partial charge in [0.15, 0.2) is 0 Å². The smallest absolute Gasteiger partial charge is 0.429 e. The molecule has 0 spiro atoms. The van der Waals surface area contributed by atoms with Gasteiger partial charge in [-0.25, -0.2) is 19.6 Å². The van der Waals surface area contributed by atoms with Crippen molar-refractivity contribution in [2.45, 2.75) is 39.2 Å². The number of nitrogens with zero attached hydrogens (tertiary/aromatic N) is 2. The Kier molecular flexibility index (Phi) is 6.30. The molecular weight excluding hydrogens is 352 g/mol. The van der Waals surface area contributed by atoms with Gasteiger partial charge in [-0.15, -0.1) is 0 Å².